The molecular weight excluding hydrogens is 381 g/mol. The number of hydrogen-bond acceptors (Lipinski definition) is 4. The second-order valence-electron chi connectivity index (χ2n) is 5.38. The maximum absolute atomic E-state index is 5.87. The Bertz CT molecular complexity index is 781. The molecule has 4 nitrogen and oxygen atoms in total. The number of rotatable bonds is 7. The summed E-state index contributed by atoms with van der Waals surface area (Å²) in [5.41, 5.74) is 1.32. The second-order valence-corrected chi connectivity index (χ2v) is 6.18. The van der Waals surface area contributed by atoms with Gasteiger partial charge in [0.25, 0.3) is 0 Å². The molecule has 1 heterocycles. The first-order valence-corrected chi connectivity index (χ1v) is 8.52. The van der Waals surface area contributed by atoms with Crippen molar-refractivity contribution in [2.24, 2.45) is 0 Å². The van der Waals surface area contributed by atoms with Crippen molar-refractivity contribution >= 4 is 24.2 Å². The smallest absolute Gasteiger partial charge is 0.740 e. The monoisotopic (exact) mass is 397 g/mol. The van der Waals surface area contributed by atoms with Crippen LogP contribution in [0.4, 0.5) is 0 Å². The average molecular weight is 398 g/mol. The van der Waals surface area contributed by atoms with Crippen molar-refractivity contribution in [2.75, 3.05) is 0 Å². The quantitative estimate of drug-likeness (QED) is 0.441. The van der Waals surface area contributed by atoms with E-state index in [-0.39, 0.29) is 51.4 Å². The Kier molecular flexibility index (Phi) is 8.85. The third kappa shape index (κ3) is 6.32. The van der Waals surface area contributed by atoms with Gasteiger partial charge in [0.1, 0.15) is 12.4 Å². The standard InChI is InChI=1S/C18H18ClN3OS.K/c19-15-8-10-16(11-9-15)23-13-17-20-21-18(24)22(17)12-4-7-14-5-2-1-3-6-14;/h1-3,5-6,8-11H,4,7,12-13H2,(H,21,24);/q;+1/p-1. The van der Waals surface area contributed by atoms with Gasteiger partial charge in [0.15, 0.2) is 5.82 Å². The van der Waals surface area contributed by atoms with Gasteiger partial charge in [0.05, 0.1) is 0 Å². The van der Waals surface area contributed by atoms with Gasteiger partial charge in [0, 0.05) is 16.7 Å². The van der Waals surface area contributed by atoms with Gasteiger partial charge in [0.2, 0.25) is 0 Å². The van der Waals surface area contributed by atoms with Crippen LogP contribution in [0.2, 0.25) is 5.02 Å². The van der Waals surface area contributed by atoms with Crippen molar-refractivity contribution in [3.8, 4) is 5.75 Å². The van der Waals surface area contributed by atoms with Crippen molar-refractivity contribution in [3.63, 3.8) is 0 Å². The van der Waals surface area contributed by atoms with Gasteiger partial charge in [-0.25, -0.2) is 0 Å². The Hall–Kier alpha value is -0.474. The van der Waals surface area contributed by atoms with Crippen LogP contribution in [0.25, 0.3) is 0 Å². The zero-order valence-corrected chi connectivity index (χ0v) is 18.8. The molecule has 0 spiro atoms. The maximum Gasteiger partial charge on any atom is 1.00 e. The third-order valence-electron chi connectivity index (χ3n) is 3.67. The number of benzene rings is 2. The van der Waals surface area contributed by atoms with E-state index in [1.54, 1.807) is 12.1 Å². The normalized spacial score (nSPS) is 10.3. The second kappa shape index (κ2) is 10.6. The summed E-state index contributed by atoms with van der Waals surface area (Å²) in [5, 5.41) is 9.30. The van der Waals surface area contributed by atoms with Crippen LogP contribution in [0.15, 0.2) is 59.8 Å². The van der Waals surface area contributed by atoms with E-state index < -0.39 is 0 Å². The van der Waals surface area contributed by atoms with Gasteiger partial charge in [-0.3, -0.25) is 0 Å². The van der Waals surface area contributed by atoms with Crippen LogP contribution in [-0.4, -0.2) is 14.8 Å². The molecule has 0 aliphatic heterocycles. The molecule has 0 bridgehead atoms. The van der Waals surface area contributed by atoms with Gasteiger partial charge in [-0.15, -0.1) is 5.10 Å². The zero-order chi connectivity index (χ0) is 16.8. The fraction of sp³-hybridized carbons (Fsp3) is 0.222. The summed E-state index contributed by atoms with van der Waals surface area (Å²) in [6.07, 6.45) is 1.96. The van der Waals surface area contributed by atoms with Crippen LogP contribution in [0.3, 0.4) is 0 Å². The molecule has 0 atom stereocenters. The Morgan fingerprint density at radius 2 is 1.72 bits per heavy atom. The van der Waals surface area contributed by atoms with Crippen LogP contribution in [-0.2, 0) is 32.2 Å². The van der Waals surface area contributed by atoms with Gasteiger partial charge in [-0.2, -0.15) is 5.10 Å². The molecule has 0 radical (unpaired) electrons. The molecule has 0 saturated heterocycles. The molecule has 0 aliphatic carbocycles. The average Bonchev–Trinajstić information content (AvgIpc) is 2.96. The molecule has 0 saturated carbocycles. The fourth-order valence-corrected chi connectivity index (χ4v) is 2.78. The number of aryl methyl sites for hydroxylation is 1. The van der Waals surface area contributed by atoms with Crippen LogP contribution >= 0.6 is 11.6 Å². The van der Waals surface area contributed by atoms with E-state index in [2.05, 4.69) is 34.5 Å². The molecule has 0 N–H and O–H groups in total. The minimum atomic E-state index is 0. The summed E-state index contributed by atoms with van der Waals surface area (Å²) in [4.78, 5) is 0. The van der Waals surface area contributed by atoms with Crippen molar-refractivity contribution in [1.29, 1.82) is 0 Å². The van der Waals surface area contributed by atoms with Crippen molar-refractivity contribution in [2.45, 2.75) is 31.1 Å². The minimum absolute atomic E-state index is 0. The van der Waals surface area contributed by atoms with Gasteiger partial charge < -0.3 is 21.9 Å². The van der Waals surface area contributed by atoms with Crippen molar-refractivity contribution in [1.82, 2.24) is 14.8 Å². The molecule has 3 rings (SSSR count). The summed E-state index contributed by atoms with van der Waals surface area (Å²) in [6.45, 7) is 1.11. The van der Waals surface area contributed by atoms with Crippen molar-refractivity contribution < 1.29 is 56.1 Å². The van der Waals surface area contributed by atoms with E-state index in [0.717, 1.165) is 31.0 Å². The molecule has 124 valence electrons. The van der Waals surface area contributed by atoms with E-state index in [1.165, 1.54) is 5.56 Å². The van der Waals surface area contributed by atoms with Crippen LogP contribution in [0, 0.1) is 0 Å². The van der Waals surface area contributed by atoms with Crippen LogP contribution in [0.1, 0.15) is 17.8 Å². The first-order valence-electron chi connectivity index (χ1n) is 7.74. The van der Waals surface area contributed by atoms with Crippen molar-refractivity contribution in [3.05, 3.63) is 71.0 Å². The maximum atomic E-state index is 5.87. The molecule has 0 unspecified atom stereocenters. The van der Waals surface area contributed by atoms with E-state index in [1.807, 2.05) is 22.8 Å². The molecule has 7 heteroatoms. The summed E-state index contributed by atoms with van der Waals surface area (Å²) in [6, 6.07) is 17.6. The number of halogens is 1. The number of nitrogens with zero attached hydrogens (tertiary/aromatic N) is 3. The first-order chi connectivity index (χ1) is 11.7. The molecule has 0 aliphatic rings. The zero-order valence-electron chi connectivity index (χ0n) is 14.1. The summed E-state index contributed by atoms with van der Waals surface area (Å²) < 4.78 is 7.68. The van der Waals surface area contributed by atoms with E-state index >= 15 is 0 Å². The Labute approximate surface area is 200 Å². The Balaban J connectivity index is 0.00000225. The van der Waals surface area contributed by atoms with Crippen LogP contribution < -0.4 is 56.1 Å². The van der Waals surface area contributed by atoms with E-state index in [0.29, 0.717) is 16.8 Å². The SMILES string of the molecule is [K+].[S-]c1nnc(COc2ccc(Cl)cc2)n1CCCc1ccccc1. The molecule has 0 amide bonds. The first kappa shape index (κ1) is 20.8. The van der Waals surface area contributed by atoms with E-state index in [4.69, 9.17) is 29.0 Å². The molecule has 1 aromatic heterocycles. The van der Waals surface area contributed by atoms with E-state index in [9.17, 15) is 0 Å². The minimum Gasteiger partial charge on any atom is -0.740 e. The topological polar surface area (TPSA) is 39.9 Å². The summed E-state index contributed by atoms with van der Waals surface area (Å²) in [7, 11) is 0. The summed E-state index contributed by atoms with van der Waals surface area (Å²) in [5.74, 6) is 1.48. The van der Waals surface area contributed by atoms with Gasteiger partial charge >= 0.3 is 51.4 Å². The number of ether oxygens (including phenoxy) is 1. The van der Waals surface area contributed by atoms with Crippen LogP contribution in [0.5, 0.6) is 5.75 Å². The summed E-state index contributed by atoms with van der Waals surface area (Å²) >= 11 is 11.1. The Morgan fingerprint density at radius 3 is 2.44 bits per heavy atom. The molecule has 0 fully saturated rings. The molecule has 25 heavy (non-hydrogen) atoms. The van der Waals surface area contributed by atoms with Gasteiger partial charge in [-0.1, -0.05) is 41.9 Å². The molecule has 3 aromatic rings. The fourth-order valence-electron chi connectivity index (χ4n) is 2.42. The third-order valence-corrected chi connectivity index (χ3v) is 4.22. The predicted molar refractivity (Wildman–Crippen MR) is 96.2 cm³/mol. The molecular formula is C18H17ClKN3OS. The van der Waals surface area contributed by atoms with Gasteiger partial charge in [-0.05, 0) is 42.7 Å². The number of aromatic nitrogens is 3. The predicted octanol–water partition coefficient (Wildman–Crippen LogP) is 1.05. The molecule has 2 aromatic carbocycles. The Morgan fingerprint density at radius 1 is 1.00 bits per heavy atom. The number of hydrogen-bond donors (Lipinski definition) is 0. The largest absolute Gasteiger partial charge is 1.00 e.